The molecule has 0 radical (unpaired) electrons. The van der Waals surface area contributed by atoms with E-state index in [1.807, 2.05) is 13.8 Å². The quantitative estimate of drug-likeness (QED) is 0.149. The Labute approximate surface area is 290 Å². The Kier molecular flexibility index (Phi) is 16.0. The molecule has 0 spiro atoms. The Morgan fingerprint density at radius 3 is 2.00 bits per heavy atom. The van der Waals surface area contributed by atoms with E-state index in [2.05, 4.69) is 17.6 Å². The minimum Gasteiger partial charge on any atom is -0.508 e. The van der Waals surface area contributed by atoms with E-state index in [0.717, 1.165) is 19.3 Å². The van der Waals surface area contributed by atoms with Crippen LogP contribution < -0.4 is 10.6 Å². The number of benzene rings is 1. The lowest BCUT2D eigenvalue weighted by atomic mass is 10.0. The highest BCUT2D eigenvalue weighted by atomic mass is 16.4. The normalized spacial score (nSPS) is 18.7. The first-order valence-electron chi connectivity index (χ1n) is 18.2. The summed E-state index contributed by atoms with van der Waals surface area (Å²) in [4.78, 5) is 81.2. The molecule has 2 aliphatic rings. The molecule has 12 heteroatoms. The maximum Gasteiger partial charge on any atom is 0.326 e. The number of ketones is 1. The summed E-state index contributed by atoms with van der Waals surface area (Å²) in [5.74, 6) is -2.94. The van der Waals surface area contributed by atoms with Crippen LogP contribution in [0.25, 0.3) is 0 Å². The zero-order valence-corrected chi connectivity index (χ0v) is 29.5. The van der Waals surface area contributed by atoms with Gasteiger partial charge in [-0.25, -0.2) is 4.79 Å². The van der Waals surface area contributed by atoms with Gasteiger partial charge in [0.25, 0.3) is 0 Å². The van der Waals surface area contributed by atoms with Crippen molar-refractivity contribution >= 4 is 35.4 Å². The Morgan fingerprint density at radius 1 is 0.776 bits per heavy atom. The van der Waals surface area contributed by atoms with E-state index in [1.165, 1.54) is 42.7 Å². The SMILES string of the molecule is CCCCCCCCCC(=O)N[C@H](C(=O)N1CCC[C@H]1C(=O)N1CCC[C@H]1C(=O)CCC(=O)N[C@@H](Cc1ccc(O)cc1)C(=O)O)C(C)C. The number of aromatic hydroxyl groups is 1. The van der Waals surface area contributed by atoms with Crippen LogP contribution in [0.4, 0.5) is 0 Å². The fourth-order valence-electron chi connectivity index (χ4n) is 6.76. The van der Waals surface area contributed by atoms with Crippen LogP contribution in [0.3, 0.4) is 0 Å². The average molecular weight is 685 g/mol. The molecule has 272 valence electrons. The summed E-state index contributed by atoms with van der Waals surface area (Å²) < 4.78 is 0. The molecule has 1 aromatic carbocycles. The lowest BCUT2D eigenvalue weighted by molar-refractivity contribution is -0.148. The summed E-state index contributed by atoms with van der Waals surface area (Å²) in [6.45, 7) is 6.70. The van der Waals surface area contributed by atoms with E-state index in [9.17, 15) is 39.0 Å². The molecule has 4 N–H and O–H groups in total. The molecular formula is C37H56N4O8. The van der Waals surface area contributed by atoms with Crippen molar-refractivity contribution in [3.63, 3.8) is 0 Å². The molecule has 0 saturated carbocycles. The fourth-order valence-corrected chi connectivity index (χ4v) is 6.76. The molecule has 1 aromatic rings. The number of likely N-dealkylation sites (tertiary alicyclic amines) is 2. The lowest BCUT2D eigenvalue weighted by Gasteiger charge is -2.34. The zero-order chi connectivity index (χ0) is 35.9. The molecule has 0 bridgehead atoms. The molecule has 0 aliphatic carbocycles. The summed E-state index contributed by atoms with van der Waals surface area (Å²) in [6.07, 6.45) is 9.82. The number of rotatable bonds is 20. The number of aliphatic carboxylic acids is 1. The highest BCUT2D eigenvalue weighted by Crippen LogP contribution is 2.27. The number of unbranched alkanes of at least 4 members (excludes halogenated alkanes) is 6. The number of amides is 4. The first kappa shape index (κ1) is 39.5. The fraction of sp³-hybridized carbons (Fsp3) is 0.676. The first-order chi connectivity index (χ1) is 23.4. The Balaban J connectivity index is 1.53. The highest BCUT2D eigenvalue weighted by Gasteiger charge is 2.43. The number of hydrogen-bond acceptors (Lipinski definition) is 7. The van der Waals surface area contributed by atoms with Crippen LogP contribution in [0.15, 0.2) is 24.3 Å². The molecule has 2 fully saturated rings. The summed E-state index contributed by atoms with van der Waals surface area (Å²) in [5, 5.41) is 24.5. The van der Waals surface area contributed by atoms with Crippen LogP contribution in [0, 0.1) is 5.92 Å². The van der Waals surface area contributed by atoms with E-state index in [-0.39, 0.29) is 54.4 Å². The maximum absolute atomic E-state index is 13.8. The van der Waals surface area contributed by atoms with E-state index in [1.54, 1.807) is 17.0 Å². The number of Topliss-reactive ketones (excluding diaryl/α,β-unsaturated/α-hetero) is 1. The molecule has 2 heterocycles. The van der Waals surface area contributed by atoms with Gasteiger partial charge in [0.2, 0.25) is 23.6 Å². The standard InChI is InChI=1S/C37H56N4O8/c1-4-5-6-7-8-9-10-15-32(44)39-34(25(2)3)36(47)41-23-12-14-30(41)35(46)40-22-11-13-29(40)31(43)20-21-33(45)38-28(37(48)49)24-26-16-18-27(42)19-17-26/h16-19,25,28-30,34,42H,4-15,20-24H2,1-3H3,(H,38,45)(H,39,44)(H,48,49)/t28-,29-,30-,34-/m0/s1. The number of hydrogen-bond donors (Lipinski definition) is 4. The van der Waals surface area contributed by atoms with Crippen molar-refractivity contribution in [1.29, 1.82) is 0 Å². The molecule has 0 unspecified atom stereocenters. The third kappa shape index (κ3) is 12.1. The van der Waals surface area contributed by atoms with Crippen molar-refractivity contribution in [2.75, 3.05) is 13.1 Å². The predicted molar refractivity (Wildman–Crippen MR) is 184 cm³/mol. The second kappa shape index (κ2) is 19.9. The number of nitrogens with one attached hydrogen (secondary N) is 2. The summed E-state index contributed by atoms with van der Waals surface area (Å²) in [7, 11) is 0. The third-order valence-electron chi connectivity index (χ3n) is 9.59. The number of nitrogens with zero attached hydrogens (tertiary/aromatic N) is 2. The van der Waals surface area contributed by atoms with Crippen LogP contribution in [-0.2, 0) is 35.2 Å². The van der Waals surface area contributed by atoms with Crippen molar-refractivity contribution in [2.24, 2.45) is 5.92 Å². The monoisotopic (exact) mass is 684 g/mol. The second-order valence-electron chi connectivity index (χ2n) is 13.8. The number of phenolic OH excluding ortho intramolecular Hbond substituents is 1. The smallest absolute Gasteiger partial charge is 0.326 e. The number of carbonyl (C=O) groups excluding carboxylic acids is 5. The van der Waals surface area contributed by atoms with Gasteiger partial charge in [0.1, 0.15) is 23.9 Å². The average Bonchev–Trinajstić information content (AvgIpc) is 3.76. The molecule has 4 atom stereocenters. The van der Waals surface area contributed by atoms with Crippen LogP contribution in [-0.4, -0.2) is 92.7 Å². The Hall–Kier alpha value is -3.96. The largest absolute Gasteiger partial charge is 0.508 e. The van der Waals surface area contributed by atoms with Crippen molar-refractivity contribution in [1.82, 2.24) is 20.4 Å². The molecule has 2 saturated heterocycles. The number of carboxylic acid groups (broad SMARTS) is 1. The van der Waals surface area contributed by atoms with Crippen molar-refractivity contribution in [3.05, 3.63) is 29.8 Å². The molecular weight excluding hydrogens is 628 g/mol. The molecule has 0 aromatic heterocycles. The van der Waals surface area contributed by atoms with Crippen LogP contribution in [0.2, 0.25) is 0 Å². The number of carbonyl (C=O) groups is 6. The van der Waals surface area contributed by atoms with E-state index in [0.29, 0.717) is 50.8 Å². The predicted octanol–water partition coefficient (Wildman–Crippen LogP) is 4.12. The van der Waals surface area contributed by atoms with E-state index in [4.69, 9.17) is 0 Å². The van der Waals surface area contributed by atoms with E-state index < -0.39 is 36.0 Å². The lowest BCUT2D eigenvalue weighted by Crippen LogP contribution is -2.56. The van der Waals surface area contributed by atoms with Gasteiger partial charge in [-0.1, -0.05) is 71.4 Å². The Morgan fingerprint density at radius 2 is 1.37 bits per heavy atom. The molecule has 2 aliphatic heterocycles. The van der Waals surface area contributed by atoms with Gasteiger partial charge in [-0.05, 0) is 55.7 Å². The minimum atomic E-state index is -1.22. The van der Waals surface area contributed by atoms with Gasteiger partial charge in [-0.2, -0.15) is 0 Å². The molecule has 49 heavy (non-hydrogen) atoms. The summed E-state index contributed by atoms with van der Waals surface area (Å²) >= 11 is 0. The van der Waals surface area contributed by atoms with Crippen molar-refractivity contribution in [3.8, 4) is 5.75 Å². The van der Waals surface area contributed by atoms with Gasteiger partial charge in [0.05, 0.1) is 6.04 Å². The van der Waals surface area contributed by atoms with E-state index >= 15 is 0 Å². The Bertz CT molecular complexity index is 1280. The maximum atomic E-state index is 13.8. The van der Waals surface area contributed by atoms with Gasteiger partial charge in [-0.3, -0.25) is 24.0 Å². The van der Waals surface area contributed by atoms with Crippen molar-refractivity contribution < 1.29 is 39.0 Å². The highest BCUT2D eigenvalue weighted by molar-refractivity contribution is 5.96. The van der Waals surface area contributed by atoms with Gasteiger partial charge >= 0.3 is 5.97 Å². The van der Waals surface area contributed by atoms with Crippen LogP contribution in [0.5, 0.6) is 5.75 Å². The first-order valence-corrected chi connectivity index (χ1v) is 18.2. The van der Waals surface area contributed by atoms with Gasteiger partial charge in [0.15, 0.2) is 5.78 Å². The van der Waals surface area contributed by atoms with Gasteiger partial charge < -0.3 is 30.6 Å². The molecule has 12 nitrogen and oxygen atoms in total. The number of phenols is 1. The number of carboxylic acids is 1. The second-order valence-corrected chi connectivity index (χ2v) is 13.8. The third-order valence-corrected chi connectivity index (χ3v) is 9.59. The topological polar surface area (TPSA) is 173 Å². The molecule has 4 amide bonds. The van der Waals surface area contributed by atoms with Crippen molar-refractivity contribution in [2.45, 2.75) is 141 Å². The van der Waals surface area contributed by atoms with Crippen LogP contribution >= 0.6 is 0 Å². The minimum absolute atomic E-state index is 0.0113. The zero-order valence-electron chi connectivity index (χ0n) is 29.5. The summed E-state index contributed by atoms with van der Waals surface area (Å²) in [6, 6.07) is 2.62. The van der Waals surface area contributed by atoms with Gasteiger partial charge in [-0.15, -0.1) is 0 Å². The van der Waals surface area contributed by atoms with Gasteiger partial charge in [0, 0.05) is 38.8 Å². The van der Waals surface area contributed by atoms with Crippen LogP contribution in [0.1, 0.15) is 116 Å². The summed E-state index contributed by atoms with van der Waals surface area (Å²) in [5.41, 5.74) is 0.617. The molecule has 3 rings (SSSR count).